The largest absolute Gasteiger partial charge is 0.325 e. The van der Waals surface area contributed by atoms with Gasteiger partial charge in [-0.25, -0.2) is 0 Å². The summed E-state index contributed by atoms with van der Waals surface area (Å²) in [5, 5.41) is 0. The SMILES string of the molecule is CCC/C(C)=C\[C@H](C)N. The van der Waals surface area contributed by atoms with Gasteiger partial charge in [-0.1, -0.05) is 25.0 Å². The van der Waals surface area contributed by atoms with Crippen LogP contribution in [-0.2, 0) is 0 Å². The molecule has 0 aliphatic heterocycles. The highest BCUT2D eigenvalue weighted by atomic mass is 14.6. The van der Waals surface area contributed by atoms with Gasteiger partial charge in [0.1, 0.15) is 0 Å². The molecule has 0 heterocycles. The normalized spacial score (nSPS) is 15.8. The fourth-order valence-corrected chi connectivity index (χ4v) is 0.926. The van der Waals surface area contributed by atoms with E-state index in [2.05, 4.69) is 19.9 Å². The topological polar surface area (TPSA) is 26.0 Å². The van der Waals surface area contributed by atoms with Crippen molar-refractivity contribution in [3.63, 3.8) is 0 Å². The molecule has 54 valence electrons. The first-order valence-corrected chi connectivity index (χ1v) is 3.59. The predicted octanol–water partition coefficient (Wildman–Crippen LogP) is 2.08. The molecule has 0 aliphatic carbocycles. The lowest BCUT2D eigenvalue weighted by molar-refractivity contribution is 0.858. The van der Waals surface area contributed by atoms with E-state index in [1.807, 2.05) is 6.92 Å². The Balaban J connectivity index is 3.55. The van der Waals surface area contributed by atoms with E-state index < -0.39 is 0 Å². The van der Waals surface area contributed by atoms with E-state index in [1.54, 1.807) is 0 Å². The molecule has 0 bridgehead atoms. The Labute approximate surface area is 57.9 Å². The van der Waals surface area contributed by atoms with Crippen molar-refractivity contribution in [3.05, 3.63) is 11.6 Å². The van der Waals surface area contributed by atoms with E-state index in [1.165, 1.54) is 18.4 Å². The third-order valence-electron chi connectivity index (χ3n) is 1.19. The van der Waals surface area contributed by atoms with E-state index in [9.17, 15) is 0 Å². The molecular weight excluding hydrogens is 110 g/mol. The average Bonchev–Trinajstić information content (AvgIpc) is 1.63. The second-order valence-corrected chi connectivity index (χ2v) is 2.62. The number of allylic oxidation sites excluding steroid dienone is 1. The third kappa shape index (κ3) is 5.57. The lowest BCUT2D eigenvalue weighted by atomic mass is 10.1. The van der Waals surface area contributed by atoms with Crippen molar-refractivity contribution in [1.29, 1.82) is 0 Å². The van der Waals surface area contributed by atoms with E-state index in [0.717, 1.165) is 0 Å². The monoisotopic (exact) mass is 127 g/mol. The van der Waals surface area contributed by atoms with Crippen molar-refractivity contribution in [3.8, 4) is 0 Å². The Morgan fingerprint density at radius 1 is 1.67 bits per heavy atom. The van der Waals surface area contributed by atoms with Gasteiger partial charge in [0, 0.05) is 6.04 Å². The molecule has 2 N–H and O–H groups in total. The van der Waals surface area contributed by atoms with Gasteiger partial charge in [0.05, 0.1) is 0 Å². The second-order valence-electron chi connectivity index (χ2n) is 2.62. The van der Waals surface area contributed by atoms with Crippen LogP contribution < -0.4 is 5.73 Å². The molecule has 1 heteroatoms. The highest BCUT2D eigenvalue weighted by molar-refractivity contribution is 5.01. The Kier molecular flexibility index (Phi) is 4.41. The van der Waals surface area contributed by atoms with Crippen LogP contribution in [0.25, 0.3) is 0 Å². The summed E-state index contributed by atoms with van der Waals surface area (Å²) >= 11 is 0. The molecule has 0 saturated heterocycles. The van der Waals surface area contributed by atoms with Gasteiger partial charge in [0.25, 0.3) is 0 Å². The molecule has 1 atom stereocenters. The highest BCUT2D eigenvalue weighted by Gasteiger charge is 1.88. The highest BCUT2D eigenvalue weighted by Crippen LogP contribution is 2.02. The fraction of sp³-hybridized carbons (Fsp3) is 0.750. The van der Waals surface area contributed by atoms with Gasteiger partial charge >= 0.3 is 0 Å². The fourth-order valence-electron chi connectivity index (χ4n) is 0.926. The van der Waals surface area contributed by atoms with Crippen LogP contribution in [0.4, 0.5) is 0 Å². The zero-order valence-electron chi connectivity index (χ0n) is 6.65. The molecular formula is C8H17N. The summed E-state index contributed by atoms with van der Waals surface area (Å²) in [6.07, 6.45) is 4.51. The second kappa shape index (κ2) is 4.57. The number of hydrogen-bond donors (Lipinski definition) is 1. The summed E-state index contributed by atoms with van der Waals surface area (Å²) < 4.78 is 0. The quantitative estimate of drug-likeness (QED) is 0.577. The minimum absolute atomic E-state index is 0.219. The first kappa shape index (κ1) is 8.70. The summed E-state index contributed by atoms with van der Waals surface area (Å²) in [7, 11) is 0. The van der Waals surface area contributed by atoms with Crippen LogP contribution in [0.5, 0.6) is 0 Å². The lowest BCUT2D eigenvalue weighted by Crippen LogP contribution is -2.11. The van der Waals surface area contributed by atoms with Crippen LogP contribution in [0, 0.1) is 0 Å². The van der Waals surface area contributed by atoms with Crippen molar-refractivity contribution < 1.29 is 0 Å². The molecule has 0 saturated carbocycles. The van der Waals surface area contributed by atoms with Gasteiger partial charge in [-0.2, -0.15) is 0 Å². The van der Waals surface area contributed by atoms with Crippen LogP contribution in [0.1, 0.15) is 33.6 Å². The van der Waals surface area contributed by atoms with Gasteiger partial charge < -0.3 is 5.73 Å². The van der Waals surface area contributed by atoms with Crippen LogP contribution in [-0.4, -0.2) is 6.04 Å². The zero-order valence-corrected chi connectivity index (χ0v) is 6.65. The van der Waals surface area contributed by atoms with Crippen molar-refractivity contribution >= 4 is 0 Å². The summed E-state index contributed by atoms with van der Waals surface area (Å²) in [6, 6.07) is 0.219. The molecule has 0 fully saturated rings. The smallest absolute Gasteiger partial charge is 0.0197 e. The molecule has 0 aromatic rings. The summed E-state index contributed by atoms with van der Waals surface area (Å²) in [6.45, 7) is 6.31. The van der Waals surface area contributed by atoms with Gasteiger partial charge in [-0.05, 0) is 20.3 Å². The van der Waals surface area contributed by atoms with Crippen LogP contribution in [0.3, 0.4) is 0 Å². The molecule has 9 heavy (non-hydrogen) atoms. The Hall–Kier alpha value is -0.300. The standard InChI is InChI=1S/C8H17N/c1-4-5-7(2)6-8(3)9/h6,8H,4-5,9H2,1-3H3/b7-6-/t8-/m0/s1. The molecule has 0 amide bonds. The van der Waals surface area contributed by atoms with Crippen LogP contribution in [0.15, 0.2) is 11.6 Å². The maximum Gasteiger partial charge on any atom is 0.0197 e. The minimum Gasteiger partial charge on any atom is -0.325 e. The van der Waals surface area contributed by atoms with Crippen LogP contribution >= 0.6 is 0 Å². The van der Waals surface area contributed by atoms with Crippen molar-refractivity contribution in [2.24, 2.45) is 5.73 Å². The third-order valence-corrected chi connectivity index (χ3v) is 1.19. The van der Waals surface area contributed by atoms with E-state index >= 15 is 0 Å². The molecule has 0 aromatic carbocycles. The number of rotatable bonds is 3. The zero-order chi connectivity index (χ0) is 7.28. The molecule has 0 aromatic heterocycles. The maximum atomic E-state index is 5.55. The van der Waals surface area contributed by atoms with Gasteiger partial charge in [0.2, 0.25) is 0 Å². The lowest BCUT2D eigenvalue weighted by Gasteiger charge is -1.99. The molecule has 1 nitrogen and oxygen atoms in total. The Morgan fingerprint density at radius 3 is 2.56 bits per heavy atom. The van der Waals surface area contributed by atoms with E-state index in [4.69, 9.17) is 5.73 Å². The molecule has 0 unspecified atom stereocenters. The minimum atomic E-state index is 0.219. The van der Waals surface area contributed by atoms with Gasteiger partial charge in [-0.15, -0.1) is 0 Å². The molecule has 0 spiro atoms. The van der Waals surface area contributed by atoms with Crippen molar-refractivity contribution in [2.45, 2.75) is 39.7 Å². The maximum absolute atomic E-state index is 5.55. The van der Waals surface area contributed by atoms with Crippen molar-refractivity contribution in [1.82, 2.24) is 0 Å². The number of nitrogens with two attached hydrogens (primary N) is 1. The van der Waals surface area contributed by atoms with Gasteiger partial charge in [0.15, 0.2) is 0 Å². The first-order valence-electron chi connectivity index (χ1n) is 3.59. The average molecular weight is 127 g/mol. The van der Waals surface area contributed by atoms with E-state index in [-0.39, 0.29) is 6.04 Å². The first-order chi connectivity index (χ1) is 4.16. The van der Waals surface area contributed by atoms with Gasteiger partial charge in [-0.3, -0.25) is 0 Å². The Morgan fingerprint density at radius 2 is 2.22 bits per heavy atom. The predicted molar refractivity (Wildman–Crippen MR) is 42.3 cm³/mol. The van der Waals surface area contributed by atoms with Crippen molar-refractivity contribution in [2.75, 3.05) is 0 Å². The van der Waals surface area contributed by atoms with Crippen LogP contribution in [0.2, 0.25) is 0 Å². The molecule has 0 rings (SSSR count). The summed E-state index contributed by atoms with van der Waals surface area (Å²) in [4.78, 5) is 0. The molecule has 0 radical (unpaired) electrons. The molecule has 0 aliphatic rings. The van der Waals surface area contributed by atoms with E-state index in [0.29, 0.717) is 0 Å². The summed E-state index contributed by atoms with van der Waals surface area (Å²) in [5.41, 5.74) is 6.96. The Bertz CT molecular complexity index is 92.7. The summed E-state index contributed by atoms with van der Waals surface area (Å²) in [5.74, 6) is 0. The number of hydrogen-bond acceptors (Lipinski definition) is 1.